The maximum absolute atomic E-state index is 5.63. The topological polar surface area (TPSA) is 60.0 Å². The van der Waals surface area contributed by atoms with E-state index in [0.29, 0.717) is 5.16 Å². The summed E-state index contributed by atoms with van der Waals surface area (Å²) in [5.74, 6) is 5.02. The lowest BCUT2D eigenvalue weighted by Gasteiger charge is -2.15. The van der Waals surface area contributed by atoms with Gasteiger partial charge < -0.3 is 0 Å². The standard InChI is InChI=1S/C6H8ClN3O/c1-6(11-8)2-5(7)10-4-9-3-6/h2-4H,8H2,1H3. The van der Waals surface area contributed by atoms with Crippen molar-refractivity contribution in [3.05, 3.63) is 11.2 Å². The third kappa shape index (κ3) is 2.11. The van der Waals surface area contributed by atoms with Crippen LogP contribution in [0.1, 0.15) is 6.92 Å². The Hall–Kier alpha value is -0.710. The van der Waals surface area contributed by atoms with Crippen molar-refractivity contribution in [2.45, 2.75) is 12.5 Å². The van der Waals surface area contributed by atoms with E-state index < -0.39 is 5.60 Å². The zero-order valence-corrected chi connectivity index (χ0v) is 6.75. The molecule has 0 aromatic rings. The number of aliphatic imine (C=N–C) groups is 2. The van der Waals surface area contributed by atoms with Gasteiger partial charge in [0.2, 0.25) is 0 Å². The van der Waals surface area contributed by atoms with Crippen LogP contribution >= 0.6 is 11.6 Å². The number of hydrogen-bond donors (Lipinski definition) is 1. The highest BCUT2D eigenvalue weighted by Gasteiger charge is 2.20. The molecule has 0 bridgehead atoms. The minimum Gasteiger partial charge on any atom is -0.288 e. The van der Waals surface area contributed by atoms with Crippen molar-refractivity contribution >= 4 is 24.2 Å². The monoisotopic (exact) mass is 173 g/mol. The summed E-state index contributed by atoms with van der Waals surface area (Å²) in [6.45, 7) is 1.73. The molecular formula is C6H8ClN3O. The van der Waals surface area contributed by atoms with Crippen molar-refractivity contribution in [3.63, 3.8) is 0 Å². The molecule has 0 aromatic carbocycles. The molecule has 1 unspecified atom stereocenters. The van der Waals surface area contributed by atoms with E-state index in [1.54, 1.807) is 13.0 Å². The first-order chi connectivity index (χ1) is 5.16. The van der Waals surface area contributed by atoms with Gasteiger partial charge in [0.15, 0.2) is 0 Å². The van der Waals surface area contributed by atoms with Gasteiger partial charge in [-0.3, -0.25) is 4.84 Å². The molecule has 11 heavy (non-hydrogen) atoms. The van der Waals surface area contributed by atoms with E-state index in [2.05, 4.69) is 14.8 Å². The Labute approximate surface area is 69.4 Å². The Bertz CT molecular complexity index is 236. The fraction of sp³-hybridized carbons (Fsp3) is 0.333. The van der Waals surface area contributed by atoms with Crippen LogP contribution in [0.5, 0.6) is 0 Å². The normalized spacial score (nSPS) is 29.9. The first-order valence-corrected chi connectivity index (χ1v) is 3.37. The number of nitrogens with two attached hydrogens (primary N) is 1. The highest BCUT2D eigenvalue weighted by atomic mass is 35.5. The molecule has 0 spiro atoms. The molecule has 0 radical (unpaired) electrons. The van der Waals surface area contributed by atoms with Crippen molar-refractivity contribution in [3.8, 4) is 0 Å². The zero-order chi connectivity index (χ0) is 8.32. The number of hydrogen-bond acceptors (Lipinski definition) is 4. The molecule has 4 nitrogen and oxygen atoms in total. The molecule has 0 saturated heterocycles. The smallest absolute Gasteiger partial charge is 0.143 e. The lowest BCUT2D eigenvalue weighted by molar-refractivity contribution is 0.0594. The number of halogens is 1. The van der Waals surface area contributed by atoms with Crippen LogP contribution < -0.4 is 5.90 Å². The second-order valence-corrected chi connectivity index (χ2v) is 2.68. The van der Waals surface area contributed by atoms with Crippen molar-refractivity contribution in [2.24, 2.45) is 15.9 Å². The maximum atomic E-state index is 5.63. The summed E-state index contributed by atoms with van der Waals surface area (Å²) in [6, 6.07) is 0. The number of nitrogens with zero attached hydrogens (tertiary/aromatic N) is 2. The lowest BCUT2D eigenvalue weighted by atomic mass is 10.1. The van der Waals surface area contributed by atoms with Gasteiger partial charge in [0.1, 0.15) is 17.1 Å². The minimum atomic E-state index is -0.756. The number of rotatable bonds is 1. The lowest BCUT2D eigenvalue weighted by Crippen LogP contribution is -2.31. The van der Waals surface area contributed by atoms with E-state index in [0.717, 1.165) is 0 Å². The van der Waals surface area contributed by atoms with Gasteiger partial charge in [-0.25, -0.2) is 15.9 Å². The van der Waals surface area contributed by atoms with Crippen LogP contribution in [0.15, 0.2) is 21.2 Å². The van der Waals surface area contributed by atoms with Crippen LogP contribution in [0.4, 0.5) is 0 Å². The average molecular weight is 174 g/mol. The molecule has 1 rings (SSSR count). The Morgan fingerprint density at radius 2 is 2.45 bits per heavy atom. The van der Waals surface area contributed by atoms with E-state index in [9.17, 15) is 0 Å². The van der Waals surface area contributed by atoms with Crippen molar-refractivity contribution in [1.82, 2.24) is 0 Å². The SMILES string of the molecule is CC1(ON)C=NC=NC(Cl)=C1. The van der Waals surface area contributed by atoms with Gasteiger partial charge in [-0.2, -0.15) is 0 Å². The minimum absolute atomic E-state index is 0.315. The van der Waals surface area contributed by atoms with E-state index in [1.165, 1.54) is 12.6 Å². The van der Waals surface area contributed by atoms with Gasteiger partial charge in [0.05, 0.1) is 0 Å². The highest BCUT2D eigenvalue weighted by molar-refractivity contribution is 6.30. The first kappa shape index (κ1) is 8.39. The predicted molar refractivity (Wildman–Crippen MR) is 44.6 cm³/mol. The largest absolute Gasteiger partial charge is 0.288 e. The van der Waals surface area contributed by atoms with E-state index >= 15 is 0 Å². The Kier molecular flexibility index (Phi) is 2.38. The third-order valence-corrected chi connectivity index (χ3v) is 1.44. The summed E-state index contributed by atoms with van der Waals surface area (Å²) in [5.41, 5.74) is -0.756. The second-order valence-electron chi connectivity index (χ2n) is 2.29. The van der Waals surface area contributed by atoms with Gasteiger partial charge in [-0.05, 0) is 13.0 Å². The molecule has 1 aliphatic rings. The molecular weight excluding hydrogens is 166 g/mol. The summed E-state index contributed by atoms with van der Waals surface area (Å²) >= 11 is 5.63. The molecule has 0 amide bonds. The molecule has 0 aliphatic carbocycles. The van der Waals surface area contributed by atoms with Crippen molar-refractivity contribution < 1.29 is 4.84 Å². The molecule has 0 saturated carbocycles. The van der Waals surface area contributed by atoms with Crippen molar-refractivity contribution in [1.29, 1.82) is 0 Å². The molecule has 2 N–H and O–H groups in total. The maximum Gasteiger partial charge on any atom is 0.143 e. The van der Waals surface area contributed by atoms with E-state index in [-0.39, 0.29) is 0 Å². The van der Waals surface area contributed by atoms with Gasteiger partial charge in [-0.1, -0.05) is 11.6 Å². The first-order valence-electron chi connectivity index (χ1n) is 2.99. The van der Waals surface area contributed by atoms with Crippen LogP contribution in [0.25, 0.3) is 0 Å². The summed E-state index contributed by atoms with van der Waals surface area (Å²) in [4.78, 5) is 12.2. The van der Waals surface area contributed by atoms with Crippen LogP contribution in [-0.4, -0.2) is 18.2 Å². The quantitative estimate of drug-likeness (QED) is 0.472. The van der Waals surface area contributed by atoms with Crippen LogP contribution in [-0.2, 0) is 4.84 Å². The highest BCUT2D eigenvalue weighted by Crippen LogP contribution is 2.15. The molecule has 1 heterocycles. The van der Waals surface area contributed by atoms with Crippen LogP contribution in [0, 0.1) is 0 Å². The van der Waals surface area contributed by atoms with Crippen LogP contribution in [0.3, 0.4) is 0 Å². The molecule has 1 aliphatic heterocycles. The van der Waals surface area contributed by atoms with Gasteiger partial charge in [0, 0.05) is 6.21 Å². The van der Waals surface area contributed by atoms with Gasteiger partial charge in [0.25, 0.3) is 0 Å². The Balaban J connectivity index is 2.92. The molecule has 0 aromatic heterocycles. The Morgan fingerprint density at radius 1 is 1.73 bits per heavy atom. The zero-order valence-electron chi connectivity index (χ0n) is 5.99. The molecule has 5 heteroatoms. The van der Waals surface area contributed by atoms with Crippen molar-refractivity contribution in [2.75, 3.05) is 0 Å². The third-order valence-electron chi connectivity index (χ3n) is 1.24. The fourth-order valence-corrected chi connectivity index (χ4v) is 0.906. The summed E-state index contributed by atoms with van der Waals surface area (Å²) in [7, 11) is 0. The Morgan fingerprint density at radius 3 is 3.09 bits per heavy atom. The van der Waals surface area contributed by atoms with Gasteiger partial charge in [-0.15, -0.1) is 0 Å². The molecule has 1 atom stereocenters. The predicted octanol–water partition coefficient (Wildman–Crippen LogP) is 0.828. The van der Waals surface area contributed by atoms with E-state index in [1.807, 2.05) is 0 Å². The summed E-state index contributed by atoms with van der Waals surface area (Å²) in [6.07, 6.45) is 4.43. The van der Waals surface area contributed by atoms with E-state index in [4.69, 9.17) is 17.5 Å². The van der Waals surface area contributed by atoms with Crippen LogP contribution in [0.2, 0.25) is 0 Å². The second kappa shape index (κ2) is 3.13. The fourth-order valence-electron chi connectivity index (χ4n) is 0.645. The summed E-state index contributed by atoms with van der Waals surface area (Å²) in [5, 5.41) is 0.315. The molecule has 0 fully saturated rings. The van der Waals surface area contributed by atoms with Gasteiger partial charge >= 0.3 is 0 Å². The average Bonchev–Trinajstić information content (AvgIpc) is 2.13. The molecule has 60 valence electrons. The summed E-state index contributed by atoms with van der Waals surface area (Å²) < 4.78 is 0.